The van der Waals surface area contributed by atoms with E-state index in [2.05, 4.69) is 31.4 Å². The Morgan fingerprint density at radius 2 is 1.75 bits per heavy atom. The van der Waals surface area contributed by atoms with E-state index in [9.17, 15) is 9.59 Å². The Balaban J connectivity index is 3.59. The second-order valence-electron chi connectivity index (χ2n) is 6.82. The van der Waals surface area contributed by atoms with Crippen LogP contribution in [0.3, 0.4) is 0 Å². The van der Waals surface area contributed by atoms with Crippen LogP contribution in [-0.2, 0) is 19.1 Å². The number of nitrogens with one attached hydrogen (secondary N) is 2. The molecule has 0 aliphatic rings. The molecular weight excluding hydrogens is 308 g/mol. The molecule has 0 aromatic carbocycles. The van der Waals surface area contributed by atoms with E-state index >= 15 is 0 Å². The van der Waals surface area contributed by atoms with Gasteiger partial charge in [-0.15, -0.1) is 0 Å². The first-order valence-corrected chi connectivity index (χ1v) is 9.03. The minimum atomic E-state index is -0.0867. The van der Waals surface area contributed by atoms with Crippen LogP contribution in [0.1, 0.15) is 60.3 Å². The number of ether oxygens (including phenoxy) is 2. The highest BCUT2D eigenvalue weighted by Gasteiger charge is 2.16. The maximum atomic E-state index is 11.8. The summed E-state index contributed by atoms with van der Waals surface area (Å²) in [6, 6.07) is 0. The number of hydrogen-bond acceptors (Lipinski definition) is 4. The van der Waals surface area contributed by atoms with E-state index in [1.807, 2.05) is 13.8 Å². The van der Waals surface area contributed by atoms with E-state index < -0.39 is 0 Å². The van der Waals surface area contributed by atoms with E-state index in [1.54, 1.807) is 0 Å². The largest absolute Gasteiger partial charge is 0.379 e. The molecule has 0 saturated carbocycles. The molecule has 0 aromatic heterocycles. The molecule has 0 spiro atoms. The monoisotopic (exact) mass is 344 g/mol. The molecule has 1 atom stereocenters. The number of hydrogen-bond donors (Lipinski definition) is 2. The molecule has 0 aliphatic heterocycles. The molecule has 0 rings (SSSR count). The molecule has 2 amide bonds. The topological polar surface area (TPSA) is 76.7 Å². The number of carbonyl (C=O) groups is 2. The van der Waals surface area contributed by atoms with Crippen molar-refractivity contribution < 1.29 is 19.1 Å². The van der Waals surface area contributed by atoms with Crippen LogP contribution in [-0.4, -0.2) is 50.8 Å². The van der Waals surface area contributed by atoms with Crippen LogP contribution in [0.25, 0.3) is 0 Å². The van der Waals surface area contributed by atoms with Crippen LogP contribution in [0.5, 0.6) is 0 Å². The highest BCUT2D eigenvalue weighted by atomic mass is 16.5. The van der Waals surface area contributed by atoms with Crippen molar-refractivity contribution in [2.24, 2.45) is 5.41 Å². The average molecular weight is 344 g/mol. The third-order valence-corrected chi connectivity index (χ3v) is 4.03. The molecule has 6 heteroatoms. The molecule has 0 heterocycles. The van der Waals surface area contributed by atoms with Crippen LogP contribution in [0.2, 0.25) is 0 Å². The number of rotatable bonds is 14. The van der Waals surface area contributed by atoms with E-state index in [0.717, 1.165) is 12.8 Å². The Labute approximate surface area is 147 Å². The maximum absolute atomic E-state index is 11.8. The quantitative estimate of drug-likeness (QED) is 0.474. The maximum Gasteiger partial charge on any atom is 0.222 e. The molecule has 0 bridgehead atoms. The van der Waals surface area contributed by atoms with E-state index in [4.69, 9.17) is 9.47 Å². The lowest BCUT2D eigenvalue weighted by atomic mass is 9.87. The lowest BCUT2D eigenvalue weighted by molar-refractivity contribution is -0.125. The smallest absolute Gasteiger partial charge is 0.222 e. The summed E-state index contributed by atoms with van der Waals surface area (Å²) in [5.41, 5.74) is 0.285. The minimum Gasteiger partial charge on any atom is -0.379 e. The third-order valence-electron chi connectivity index (χ3n) is 4.03. The first-order valence-electron chi connectivity index (χ1n) is 9.03. The van der Waals surface area contributed by atoms with E-state index in [0.29, 0.717) is 45.8 Å². The van der Waals surface area contributed by atoms with Gasteiger partial charge < -0.3 is 20.1 Å². The predicted molar refractivity (Wildman–Crippen MR) is 95.8 cm³/mol. The second kappa shape index (κ2) is 13.2. The van der Waals surface area contributed by atoms with Crippen molar-refractivity contribution >= 4 is 11.8 Å². The van der Waals surface area contributed by atoms with E-state index in [-0.39, 0.29) is 23.3 Å². The molecule has 0 saturated heterocycles. The molecule has 6 nitrogen and oxygen atoms in total. The third kappa shape index (κ3) is 13.3. The zero-order valence-corrected chi connectivity index (χ0v) is 16.1. The van der Waals surface area contributed by atoms with Crippen molar-refractivity contribution in [1.29, 1.82) is 0 Å². The van der Waals surface area contributed by atoms with Gasteiger partial charge in [-0.05, 0) is 25.7 Å². The molecule has 0 radical (unpaired) electrons. The SMILES string of the molecule is CCNC(=O)CCOCCNC(=O)CC(C)OCCC(C)(C)CC. The van der Waals surface area contributed by atoms with Crippen molar-refractivity contribution in [1.82, 2.24) is 10.6 Å². The predicted octanol–water partition coefficient (Wildman–Crippen LogP) is 2.27. The van der Waals surface area contributed by atoms with Gasteiger partial charge >= 0.3 is 0 Å². The molecule has 0 aliphatic carbocycles. The first-order chi connectivity index (χ1) is 11.3. The summed E-state index contributed by atoms with van der Waals surface area (Å²) in [6.07, 6.45) is 2.73. The Morgan fingerprint density at radius 3 is 2.38 bits per heavy atom. The van der Waals surface area contributed by atoms with Crippen molar-refractivity contribution in [3.63, 3.8) is 0 Å². The summed E-state index contributed by atoms with van der Waals surface area (Å²) in [5.74, 6) is -0.0525. The van der Waals surface area contributed by atoms with Gasteiger partial charge in [-0.1, -0.05) is 27.2 Å². The summed E-state index contributed by atoms with van der Waals surface area (Å²) in [6.45, 7) is 13.0. The van der Waals surface area contributed by atoms with Crippen LogP contribution < -0.4 is 10.6 Å². The lowest BCUT2D eigenvalue weighted by Gasteiger charge is -2.23. The minimum absolute atomic E-state index is 0.0150. The fourth-order valence-corrected chi connectivity index (χ4v) is 1.92. The van der Waals surface area contributed by atoms with Crippen LogP contribution in [0.4, 0.5) is 0 Å². The van der Waals surface area contributed by atoms with Gasteiger partial charge in [0.05, 0.1) is 25.7 Å². The normalized spacial score (nSPS) is 12.7. The van der Waals surface area contributed by atoms with Gasteiger partial charge in [0.15, 0.2) is 0 Å². The molecule has 2 N–H and O–H groups in total. The summed E-state index contributed by atoms with van der Waals surface area (Å²) >= 11 is 0. The van der Waals surface area contributed by atoms with Gasteiger partial charge in [0, 0.05) is 26.1 Å². The molecular formula is C18H36N2O4. The zero-order valence-electron chi connectivity index (χ0n) is 16.1. The van der Waals surface area contributed by atoms with Gasteiger partial charge in [-0.3, -0.25) is 9.59 Å². The lowest BCUT2D eigenvalue weighted by Crippen LogP contribution is -2.31. The Kier molecular flexibility index (Phi) is 12.6. The zero-order chi connectivity index (χ0) is 18.4. The summed E-state index contributed by atoms with van der Waals surface area (Å²) < 4.78 is 11.0. The van der Waals surface area contributed by atoms with Crippen LogP contribution in [0, 0.1) is 5.41 Å². The van der Waals surface area contributed by atoms with Gasteiger partial charge in [-0.25, -0.2) is 0 Å². The number of carbonyl (C=O) groups excluding carboxylic acids is 2. The van der Waals surface area contributed by atoms with Crippen molar-refractivity contribution in [2.45, 2.75) is 66.4 Å². The van der Waals surface area contributed by atoms with Crippen LogP contribution in [0.15, 0.2) is 0 Å². The highest BCUT2D eigenvalue weighted by molar-refractivity contribution is 5.76. The Bertz CT molecular complexity index is 359. The molecule has 24 heavy (non-hydrogen) atoms. The second-order valence-corrected chi connectivity index (χ2v) is 6.82. The van der Waals surface area contributed by atoms with Gasteiger partial charge in [0.1, 0.15) is 0 Å². The Hall–Kier alpha value is -1.14. The van der Waals surface area contributed by atoms with Gasteiger partial charge in [0.25, 0.3) is 0 Å². The fourth-order valence-electron chi connectivity index (χ4n) is 1.92. The van der Waals surface area contributed by atoms with Crippen LogP contribution >= 0.6 is 0 Å². The van der Waals surface area contributed by atoms with Crippen molar-refractivity contribution in [2.75, 3.05) is 32.9 Å². The Morgan fingerprint density at radius 1 is 1.04 bits per heavy atom. The van der Waals surface area contributed by atoms with Crippen molar-refractivity contribution in [3.05, 3.63) is 0 Å². The standard InChI is InChI=1S/C18H36N2O4/c1-6-18(4,5)9-12-24-15(3)14-17(22)20-10-13-23-11-8-16(21)19-7-2/h15H,6-14H2,1-5H3,(H,19,21)(H,20,22). The summed E-state index contributed by atoms with van der Waals surface area (Å²) in [7, 11) is 0. The van der Waals surface area contributed by atoms with Gasteiger partial charge in [-0.2, -0.15) is 0 Å². The fraction of sp³-hybridized carbons (Fsp3) is 0.889. The molecule has 0 fully saturated rings. The highest BCUT2D eigenvalue weighted by Crippen LogP contribution is 2.24. The first kappa shape index (κ1) is 22.9. The van der Waals surface area contributed by atoms with E-state index in [1.165, 1.54) is 0 Å². The molecule has 1 unspecified atom stereocenters. The average Bonchev–Trinajstić information content (AvgIpc) is 2.50. The van der Waals surface area contributed by atoms with Gasteiger partial charge in [0.2, 0.25) is 11.8 Å². The van der Waals surface area contributed by atoms with Crippen molar-refractivity contribution in [3.8, 4) is 0 Å². The summed E-state index contributed by atoms with van der Waals surface area (Å²) in [4.78, 5) is 23.0. The summed E-state index contributed by atoms with van der Waals surface area (Å²) in [5, 5.41) is 5.50. The molecule has 142 valence electrons. The number of amides is 2. The molecule has 0 aromatic rings.